The van der Waals surface area contributed by atoms with E-state index >= 15 is 0 Å². The molecule has 1 amide bonds. The summed E-state index contributed by atoms with van der Waals surface area (Å²) in [4.78, 5) is 26.7. The van der Waals surface area contributed by atoms with Gasteiger partial charge in [0, 0.05) is 50.1 Å². The lowest BCUT2D eigenvalue weighted by molar-refractivity contribution is -0.131. The van der Waals surface area contributed by atoms with E-state index in [0.29, 0.717) is 6.42 Å². The molecule has 1 aliphatic rings. The highest BCUT2D eigenvalue weighted by Gasteiger charge is 2.21. The van der Waals surface area contributed by atoms with Crippen molar-refractivity contribution in [1.82, 2.24) is 14.9 Å². The van der Waals surface area contributed by atoms with Crippen LogP contribution >= 0.6 is 11.3 Å². The van der Waals surface area contributed by atoms with Crippen molar-refractivity contribution in [3.63, 3.8) is 0 Å². The smallest absolute Gasteiger partial charge is 0.223 e. The van der Waals surface area contributed by atoms with Crippen LogP contribution in [0.15, 0.2) is 24.4 Å². The number of amides is 1. The van der Waals surface area contributed by atoms with Crippen molar-refractivity contribution in [2.24, 2.45) is 0 Å². The van der Waals surface area contributed by atoms with Crippen LogP contribution in [-0.4, -0.2) is 47.0 Å². The number of aromatic nitrogens is 2. The zero-order valence-electron chi connectivity index (χ0n) is 13.7. The number of rotatable bonds is 4. The third-order valence-electron chi connectivity index (χ3n) is 4.23. The molecule has 0 aliphatic carbocycles. The summed E-state index contributed by atoms with van der Waals surface area (Å²) in [5.74, 6) is 1.23. The molecule has 0 bridgehead atoms. The lowest BCUT2D eigenvalue weighted by atomic mass is 10.2. The third-order valence-corrected chi connectivity index (χ3v) is 5.36. The maximum atomic E-state index is 12.4. The summed E-state index contributed by atoms with van der Waals surface area (Å²) in [7, 11) is 0. The van der Waals surface area contributed by atoms with Gasteiger partial charge in [-0.15, -0.1) is 11.3 Å². The van der Waals surface area contributed by atoms with Crippen molar-refractivity contribution in [1.29, 1.82) is 0 Å². The average Bonchev–Trinajstić information content (AvgIpc) is 2.92. The Kier molecular flexibility index (Phi) is 4.91. The Morgan fingerprint density at radius 3 is 2.61 bits per heavy atom. The van der Waals surface area contributed by atoms with Crippen LogP contribution in [0.3, 0.4) is 0 Å². The van der Waals surface area contributed by atoms with Gasteiger partial charge >= 0.3 is 0 Å². The number of carbonyl (C=O) groups is 1. The minimum atomic E-state index is 0.233. The van der Waals surface area contributed by atoms with Crippen LogP contribution in [0.4, 0.5) is 5.82 Å². The lowest BCUT2D eigenvalue weighted by Gasteiger charge is -2.35. The van der Waals surface area contributed by atoms with Crippen molar-refractivity contribution in [3.05, 3.63) is 40.0 Å². The molecule has 5 nitrogen and oxygen atoms in total. The number of aryl methyl sites for hydroxylation is 3. The first-order valence-electron chi connectivity index (χ1n) is 8.00. The van der Waals surface area contributed by atoms with Gasteiger partial charge in [0.2, 0.25) is 5.91 Å². The van der Waals surface area contributed by atoms with Crippen LogP contribution in [-0.2, 0) is 11.2 Å². The normalized spacial score (nSPS) is 15.0. The van der Waals surface area contributed by atoms with Crippen LogP contribution in [0.1, 0.15) is 22.0 Å². The molecular weight excluding hydrogens is 308 g/mol. The molecule has 122 valence electrons. The van der Waals surface area contributed by atoms with Gasteiger partial charge in [0.15, 0.2) is 0 Å². The summed E-state index contributed by atoms with van der Waals surface area (Å²) in [5.41, 5.74) is 1.08. The van der Waals surface area contributed by atoms with E-state index in [4.69, 9.17) is 0 Å². The lowest BCUT2D eigenvalue weighted by Crippen LogP contribution is -2.49. The molecule has 0 atom stereocenters. The van der Waals surface area contributed by atoms with E-state index in [2.05, 4.69) is 21.8 Å². The molecule has 6 heteroatoms. The summed E-state index contributed by atoms with van der Waals surface area (Å²) in [6, 6.07) is 5.94. The summed E-state index contributed by atoms with van der Waals surface area (Å²) >= 11 is 1.70. The largest absolute Gasteiger partial charge is 0.353 e. The van der Waals surface area contributed by atoms with Crippen molar-refractivity contribution < 1.29 is 4.79 Å². The van der Waals surface area contributed by atoms with Gasteiger partial charge in [-0.3, -0.25) is 4.79 Å². The number of hydrogen-bond donors (Lipinski definition) is 0. The molecule has 2 aromatic rings. The topological polar surface area (TPSA) is 49.3 Å². The maximum Gasteiger partial charge on any atom is 0.223 e. The first-order chi connectivity index (χ1) is 11.1. The zero-order chi connectivity index (χ0) is 16.2. The first kappa shape index (κ1) is 15.9. The number of hydrogen-bond acceptors (Lipinski definition) is 5. The second kappa shape index (κ2) is 7.08. The monoisotopic (exact) mass is 330 g/mol. The molecular formula is C17H22N4OS. The fraction of sp³-hybridized carbons (Fsp3) is 0.471. The fourth-order valence-electron chi connectivity index (χ4n) is 2.74. The fourth-order valence-corrected chi connectivity index (χ4v) is 3.68. The van der Waals surface area contributed by atoms with E-state index in [-0.39, 0.29) is 5.91 Å². The summed E-state index contributed by atoms with van der Waals surface area (Å²) in [6.07, 6.45) is 3.11. The molecule has 3 rings (SSSR count). The highest BCUT2D eigenvalue weighted by molar-refractivity contribution is 7.11. The van der Waals surface area contributed by atoms with Gasteiger partial charge < -0.3 is 9.80 Å². The molecule has 0 saturated carbocycles. The summed E-state index contributed by atoms with van der Waals surface area (Å²) in [6.45, 7) is 7.33. The van der Waals surface area contributed by atoms with Gasteiger partial charge in [-0.25, -0.2) is 9.97 Å². The van der Waals surface area contributed by atoms with Crippen LogP contribution in [0.5, 0.6) is 0 Å². The molecule has 1 fully saturated rings. The van der Waals surface area contributed by atoms with E-state index in [9.17, 15) is 4.79 Å². The zero-order valence-corrected chi connectivity index (χ0v) is 14.5. The molecule has 0 radical (unpaired) electrons. The van der Waals surface area contributed by atoms with Crippen molar-refractivity contribution >= 4 is 23.1 Å². The highest BCUT2D eigenvalue weighted by Crippen LogP contribution is 2.18. The second-order valence-corrected chi connectivity index (χ2v) is 7.09. The molecule has 23 heavy (non-hydrogen) atoms. The summed E-state index contributed by atoms with van der Waals surface area (Å²) in [5, 5.41) is 1.07. The Morgan fingerprint density at radius 1 is 1.22 bits per heavy atom. The predicted molar refractivity (Wildman–Crippen MR) is 92.9 cm³/mol. The maximum absolute atomic E-state index is 12.4. The van der Waals surface area contributed by atoms with Gasteiger partial charge in [-0.2, -0.15) is 0 Å². The molecule has 0 spiro atoms. The Hall–Kier alpha value is -1.95. The number of carbonyl (C=O) groups excluding carboxylic acids is 1. The quantitative estimate of drug-likeness (QED) is 0.864. The van der Waals surface area contributed by atoms with Gasteiger partial charge in [0.05, 0.1) is 10.7 Å². The first-order valence-corrected chi connectivity index (χ1v) is 8.82. The highest BCUT2D eigenvalue weighted by atomic mass is 32.1. The number of thiazole rings is 1. The average molecular weight is 330 g/mol. The van der Waals surface area contributed by atoms with E-state index < -0.39 is 0 Å². The molecule has 1 aliphatic heterocycles. The summed E-state index contributed by atoms with van der Waals surface area (Å²) < 4.78 is 0. The number of pyridine rings is 1. The van der Waals surface area contributed by atoms with E-state index in [1.54, 1.807) is 11.3 Å². The van der Waals surface area contributed by atoms with Gasteiger partial charge in [-0.1, -0.05) is 6.07 Å². The van der Waals surface area contributed by atoms with Crippen LogP contribution in [0.2, 0.25) is 0 Å². The third kappa shape index (κ3) is 3.88. The number of piperazine rings is 1. The van der Waals surface area contributed by atoms with E-state index in [1.165, 1.54) is 4.88 Å². The Morgan fingerprint density at radius 2 is 2.00 bits per heavy atom. The molecule has 0 aromatic carbocycles. The van der Waals surface area contributed by atoms with E-state index in [0.717, 1.165) is 49.1 Å². The SMILES string of the molecule is Cc1nc(CCC(=O)N2CCN(c3ccccn3)CC2)sc1C. The molecule has 0 unspecified atom stereocenters. The Balaban J connectivity index is 1.48. The van der Waals surface area contributed by atoms with Gasteiger partial charge in [0.1, 0.15) is 5.82 Å². The molecule has 3 heterocycles. The minimum absolute atomic E-state index is 0.233. The molecule has 1 saturated heterocycles. The predicted octanol–water partition coefficient (Wildman–Crippen LogP) is 2.44. The minimum Gasteiger partial charge on any atom is -0.353 e. The van der Waals surface area contributed by atoms with E-state index in [1.807, 2.05) is 36.2 Å². The Bertz CT molecular complexity index is 643. The number of anilines is 1. The van der Waals surface area contributed by atoms with Crippen molar-refractivity contribution in [3.8, 4) is 0 Å². The van der Waals surface area contributed by atoms with Crippen molar-refractivity contribution in [2.75, 3.05) is 31.1 Å². The van der Waals surface area contributed by atoms with Gasteiger partial charge in [-0.05, 0) is 26.0 Å². The standard InChI is InChI=1S/C17H22N4OS/c1-13-14(2)23-16(19-13)6-7-17(22)21-11-9-20(10-12-21)15-5-3-4-8-18-15/h3-5,8H,6-7,9-12H2,1-2H3. The molecule has 0 N–H and O–H groups in total. The Labute approximate surface area is 141 Å². The van der Waals surface area contributed by atoms with Crippen molar-refractivity contribution in [2.45, 2.75) is 26.7 Å². The number of nitrogens with zero attached hydrogens (tertiary/aromatic N) is 4. The second-order valence-electron chi connectivity index (χ2n) is 5.80. The molecule has 2 aromatic heterocycles. The van der Waals surface area contributed by atoms with Crippen LogP contribution in [0.25, 0.3) is 0 Å². The van der Waals surface area contributed by atoms with Crippen LogP contribution in [0, 0.1) is 13.8 Å². The van der Waals surface area contributed by atoms with Crippen LogP contribution < -0.4 is 4.90 Å². The van der Waals surface area contributed by atoms with Gasteiger partial charge in [0.25, 0.3) is 0 Å².